The maximum atomic E-state index is 12.7. The van der Waals surface area contributed by atoms with Crippen LogP contribution in [0.25, 0.3) is 0 Å². The summed E-state index contributed by atoms with van der Waals surface area (Å²) in [7, 11) is 0. The molecule has 1 aromatic rings. The van der Waals surface area contributed by atoms with Crippen LogP contribution in [0.3, 0.4) is 0 Å². The van der Waals surface area contributed by atoms with Crippen molar-refractivity contribution in [2.24, 2.45) is 5.92 Å². The van der Waals surface area contributed by atoms with Crippen LogP contribution in [0.5, 0.6) is 0 Å². The third kappa shape index (κ3) is 3.22. The zero-order valence-electron chi connectivity index (χ0n) is 14.4. The average Bonchev–Trinajstić information content (AvgIpc) is 2.87. The summed E-state index contributed by atoms with van der Waals surface area (Å²) < 4.78 is 1.01. The Labute approximate surface area is 151 Å². The minimum atomic E-state index is -0.349. The molecule has 1 spiro atoms. The summed E-state index contributed by atoms with van der Waals surface area (Å²) in [5.41, 5.74) is 1.42. The predicted molar refractivity (Wildman–Crippen MR) is 96.7 cm³/mol. The molecule has 0 bridgehead atoms. The van der Waals surface area contributed by atoms with E-state index in [2.05, 4.69) is 26.6 Å². The quantitative estimate of drug-likeness (QED) is 0.810. The van der Waals surface area contributed by atoms with E-state index in [0.717, 1.165) is 28.4 Å². The van der Waals surface area contributed by atoms with Gasteiger partial charge in [-0.15, -0.1) is 0 Å². The molecular formula is C18H24BrN3O2. The minimum absolute atomic E-state index is 0.0604. The van der Waals surface area contributed by atoms with Crippen molar-refractivity contribution in [1.29, 1.82) is 0 Å². The zero-order chi connectivity index (χ0) is 17.5. The first-order valence-corrected chi connectivity index (χ1v) is 9.26. The van der Waals surface area contributed by atoms with Crippen molar-refractivity contribution in [3.8, 4) is 0 Å². The lowest BCUT2D eigenvalue weighted by atomic mass is 9.96. The summed E-state index contributed by atoms with van der Waals surface area (Å²) in [6.45, 7) is 7.36. The SMILES string of the molecule is Cc1cc(C(=O)N2CCC3(CC2)NC(=O)C(C(C)C)N3)ccc1Br. The highest BCUT2D eigenvalue weighted by Gasteiger charge is 2.46. The smallest absolute Gasteiger partial charge is 0.253 e. The van der Waals surface area contributed by atoms with Crippen LogP contribution in [0.15, 0.2) is 22.7 Å². The summed E-state index contributed by atoms with van der Waals surface area (Å²) in [4.78, 5) is 26.7. The Morgan fingerprint density at radius 3 is 2.54 bits per heavy atom. The molecule has 1 atom stereocenters. The van der Waals surface area contributed by atoms with E-state index in [1.54, 1.807) is 0 Å². The number of aryl methyl sites for hydroxylation is 1. The Morgan fingerprint density at radius 1 is 1.33 bits per heavy atom. The van der Waals surface area contributed by atoms with Crippen LogP contribution in [-0.2, 0) is 4.79 Å². The topological polar surface area (TPSA) is 61.4 Å². The van der Waals surface area contributed by atoms with Crippen LogP contribution in [0.2, 0.25) is 0 Å². The van der Waals surface area contributed by atoms with Crippen LogP contribution >= 0.6 is 15.9 Å². The molecule has 24 heavy (non-hydrogen) atoms. The third-order valence-electron chi connectivity index (χ3n) is 5.05. The van der Waals surface area contributed by atoms with Crippen LogP contribution in [0.1, 0.15) is 42.6 Å². The van der Waals surface area contributed by atoms with E-state index < -0.39 is 0 Å². The summed E-state index contributed by atoms with van der Waals surface area (Å²) >= 11 is 3.46. The van der Waals surface area contributed by atoms with Crippen molar-refractivity contribution < 1.29 is 9.59 Å². The zero-order valence-corrected chi connectivity index (χ0v) is 15.9. The Bertz CT molecular complexity index is 666. The molecule has 5 nitrogen and oxygen atoms in total. The molecule has 6 heteroatoms. The van der Waals surface area contributed by atoms with Crippen LogP contribution in [0.4, 0.5) is 0 Å². The lowest BCUT2D eigenvalue weighted by Crippen LogP contribution is -2.58. The average molecular weight is 394 g/mol. The van der Waals surface area contributed by atoms with Crippen molar-refractivity contribution in [3.05, 3.63) is 33.8 Å². The molecule has 130 valence electrons. The highest BCUT2D eigenvalue weighted by molar-refractivity contribution is 9.10. The third-order valence-corrected chi connectivity index (χ3v) is 5.94. The van der Waals surface area contributed by atoms with Gasteiger partial charge in [-0.1, -0.05) is 29.8 Å². The maximum Gasteiger partial charge on any atom is 0.253 e. The Balaban J connectivity index is 1.66. The Morgan fingerprint density at radius 2 is 2.00 bits per heavy atom. The number of nitrogens with one attached hydrogen (secondary N) is 2. The van der Waals surface area contributed by atoms with Gasteiger partial charge >= 0.3 is 0 Å². The number of halogens is 1. The van der Waals surface area contributed by atoms with Gasteiger partial charge in [0, 0.05) is 36.0 Å². The molecule has 3 rings (SSSR count). The molecule has 0 aliphatic carbocycles. The lowest BCUT2D eigenvalue weighted by Gasteiger charge is -2.39. The van der Waals surface area contributed by atoms with E-state index in [1.165, 1.54) is 0 Å². The second-order valence-corrected chi connectivity index (χ2v) is 8.05. The number of carbonyl (C=O) groups is 2. The fraction of sp³-hybridized carbons (Fsp3) is 0.556. The van der Waals surface area contributed by atoms with Gasteiger partial charge in [-0.05, 0) is 36.6 Å². The molecule has 2 amide bonds. The number of hydrogen-bond donors (Lipinski definition) is 2. The van der Waals surface area contributed by atoms with Gasteiger partial charge in [-0.3, -0.25) is 14.9 Å². The summed E-state index contributed by atoms with van der Waals surface area (Å²) in [6, 6.07) is 5.55. The van der Waals surface area contributed by atoms with Crippen LogP contribution < -0.4 is 10.6 Å². The van der Waals surface area contributed by atoms with Crippen molar-refractivity contribution >= 4 is 27.7 Å². The van der Waals surface area contributed by atoms with E-state index in [-0.39, 0.29) is 29.4 Å². The summed E-state index contributed by atoms with van der Waals surface area (Å²) in [5.74, 6) is 0.397. The van der Waals surface area contributed by atoms with Crippen molar-refractivity contribution in [1.82, 2.24) is 15.5 Å². The highest BCUT2D eigenvalue weighted by atomic mass is 79.9. The monoisotopic (exact) mass is 393 g/mol. The van der Waals surface area contributed by atoms with E-state index in [9.17, 15) is 9.59 Å². The van der Waals surface area contributed by atoms with Crippen molar-refractivity contribution in [3.63, 3.8) is 0 Å². The summed E-state index contributed by atoms with van der Waals surface area (Å²) in [6.07, 6.45) is 1.48. The maximum absolute atomic E-state index is 12.7. The van der Waals surface area contributed by atoms with Gasteiger partial charge in [-0.25, -0.2) is 0 Å². The number of carbonyl (C=O) groups excluding carboxylic acids is 2. The van der Waals surface area contributed by atoms with E-state index >= 15 is 0 Å². The van der Waals surface area contributed by atoms with E-state index in [4.69, 9.17) is 0 Å². The van der Waals surface area contributed by atoms with Gasteiger partial charge in [0.2, 0.25) is 5.91 Å². The molecule has 1 aromatic carbocycles. The Kier molecular flexibility index (Phi) is 4.71. The first kappa shape index (κ1) is 17.4. The standard InChI is InChI=1S/C18H24BrN3O2/c1-11(2)15-16(23)21-18(20-15)6-8-22(9-7-18)17(24)13-4-5-14(19)12(3)10-13/h4-5,10-11,15,20H,6-9H2,1-3H3,(H,21,23). The van der Waals surface area contributed by atoms with Gasteiger partial charge in [0.15, 0.2) is 0 Å². The van der Waals surface area contributed by atoms with Crippen LogP contribution in [-0.4, -0.2) is 41.5 Å². The molecule has 2 heterocycles. The van der Waals surface area contributed by atoms with Gasteiger partial charge in [0.05, 0.1) is 11.7 Å². The molecule has 2 fully saturated rings. The number of benzene rings is 1. The fourth-order valence-electron chi connectivity index (χ4n) is 3.50. The van der Waals surface area contributed by atoms with Gasteiger partial charge in [0.1, 0.15) is 0 Å². The second kappa shape index (κ2) is 6.48. The van der Waals surface area contributed by atoms with E-state index in [0.29, 0.717) is 13.1 Å². The second-order valence-electron chi connectivity index (χ2n) is 7.19. The largest absolute Gasteiger partial charge is 0.338 e. The van der Waals surface area contributed by atoms with Crippen molar-refractivity contribution in [2.75, 3.05) is 13.1 Å². The molecule has 2 aliphatic rings. The number of likely N-dealkylation sites (tertiary alicyclic amines) is 1. The lowest BCUT2D eigenvalue weighted by molar-refractivity contribution is -0.121. The number of piperidine rings is 1. The molecule has 0 saturated carbocycles. The predicted octanol–water partition coefficient (Wildman–Crippen LogP) is 2.43. The normalized spacial score (nSPS) is 23.0. The van der Waals surface area contributed by atoms with Crippen molar-refractivity contribution in [2.45, 2.75) is 45.3 Å². The van der Waals surface area contributed by atoms with Gasteiger partial charge in [-0.2, -0.15) is 0 Å². The first-order valence-electron chi connectivity index (χ1n) is 8.46. The molecule has 0 radical (unpaired) electrons. The molecule has 2 saturated heterocycles. The number of amides is 2. The Hall–Kier alpha value is -1.40. The number of hydrogen-bond acceptors (Lipinski definition) is 3. The summed E-state index contributed by atoms with van der Waals surface area (Å²) in [5, 5.41) is 6.59. The minimum Gasteiger partial charge on any atom is -0.338 e. The number of rotatable bonds is 2. The first-order chi connectivity index (χ1) is 11.3. The molecule has 0 aromatic heterocycles. The highest BCUT2D eigenvalue weighted by Crippen LogP contribution is 2.27. The fourth-order valence-corrected chi connectivity index (χ4v) is 3.75. The number of nitrogens with zero attached hydrogens (tertiary/aromatic N) is 1. The molecule has 2 N–H and O–H groups in total. The van der Waals surface area contributed by atoms with E-state index in [1.807, 2.05) is 43.9 Å². The van der Waals surface area contributed by atoms with Crippen LogP contribution in [0, 0.1) is 12.8 Å². The molecule has 1 unspecified atom stereocenters. The van der Waals surface area contributed by atoms with Gasteiger partial charge in [0.25, 0.3) is 5.91 Å². The molecular weight excluding hydrogens is 370 g/mol. The molecule has 2 aliphatic heterocycles. The van der Waals surface area contributed by atoms with Gasteiger partial charge < -0.3 is 10.2 Å².